The second-order valence-electron chi connectivity index (χ2n) is 6.37. The fraction of sp³-hybridized carbons (Fsp3) is 0.933. The van der Waals surface area contributed by atoms with Crippen molar-refractivity contribution in [2.75, 3.05) is 20.2 Å². The molecule has 1 saturated heterocycles. The zero-order valence-corrected chi connectivity index (χ0v) is 14.1. The first kappa shape index (κ1) is 19.7. The molecular weight excluding hydrogens is 276 g/mol. The predicted octanol–water partition coefficient (Wildman–Crippen LogP) is 2.51. The molecule has 1 fully saturated rings. The summed E-state index contributed by atoms with van der Waals surface area (Å²) in [4.78, 5) is 11.9. The first-order chi connectivity index (χ1) is 8.93. The lowest BCUT2D eigenvalue weighted by molar-refractivity contribution is -0.122. The lowest BCUT2D eigenvalue weighted by Crippen LogP contribution is -2.39. The summed E-state index contributed by atoms with van der Waals surface area (Å²) in [5, 5.41) is 6.43. The molecule has 0 spiro atoms. The molecule has 0 saturated carbocycles. The van der Waals surface area contributed by atoms with Gasteiger partial charge in [0, 0.05) is 19.6 Å². The molecular formula is C15H31ClN2O2. The number of rotatable bonds is 7. The smallest absolute Gasteiger partial charge is 0.220 e. The largest absolute Gasteiger partial charge is 0.379 e. The molecule has 20 heavy (non-hydrogen) atoms. The van der Waals surface area contributed by atoms with Crippen LogP contribution in [0.2, 0.25) is 0 Å². The Morgan fingerprint density at radius 2 is 2.00 bits per heavy atom. The molecule has 1 unspecified atom stereocenters. The minimum atomic E-state index is -0.179. The van der Waals surface area contributed by atoms with E-state index in [0.717, 1.165) is 31.8 Å². The van der Waals surface area contributed by atoms with Crippen LogP contribution < -0.4 is 10.6 Å². The van der Waals surface area contributed by atoms with E-state index in [-0.39, 0.29) is 30.0 Å². The Kier molecular flexibility index (Phi) is 9.43. The summed E-state index contributed by atoms with van der Waals surface area (Å²) in [5.74, 6) is 0.899. The van der Waals surface area contributed by atoms with E-state index < -0.39 is 0 Å². The quantitative estimate of drug-likeness (QED) is 0.760. The zero-order valence-electron chi connectivity index (χ0n) is 13.3. The molecule has 2 N–H and O–H groups in total. The highest BCUT2D eigenvalue weighted by Crippen LogP contribution is 2.18. The van der Waals surface area contributed by atoms with E-state index in [9.17, 15) is 4.79 Å². The van der Waals surface area contributed by atoms with Gasteiger partial charge in [0.15, 0.2) is 0 Å². The van der Waals surface area contributed by atoms with Crippen molar-refractivity contribution >= 4 is 18.3 Å². The third-order valence-corrected chi connectivity index (χ3v) is 4.00. The SMILES string of the molecule is COC(C)(C)CC(C)NC(=O)CCC1CCNCC1.Cl. The number of methoxy groups -OCH3 is 1. The van der Waals surface area contributed by atoms with Crippen molar-refractivity contribution in [1.29, 1.82) is 0 Å². The van der Waals surface area contributed by atoms with Gasteiger partial charge in [0.2, 0.25) is 5.91 Å². The number of ether oxygens (including phenoxy) is 1. The maximum atomic E-state index is 11.9. The van der Waals surface area contributed by atoms with Crippen LogP contribution in [0.4, 0.5) is 0 Å². The van der Waals surface area contributed by atoms with Gasteiger partial charge in [-0.15, -0.1) is 12.4 Å². The van der Waals surface area contributed by atoms with E-state index in [1.165, 1.54) is 12.8 Å². The summed E-state index contributed by atoms with van der Waals surface area (Å²) in [6, 6.07) is 0.162. The van der Waals surface area contributed by atoms with Crippen LogP contribution in [-0.2, 0) is 9.53 Å². The third-order valence-electron chi connectivity index (χ3n) is 4.00. The molecule has 0 aliphatic carbocycles. The highest BCUT2D eigenvalue weighted by Gasteiger charge is 2.21. The van der Waals surface area contributed by atoms with Crippen molar-refractivity contribution in [3.05, 3.63) is 0 Å². The van der Waals surface area contributed by atoms with Gasteiger partial charge < -0.3 is 15.4 Å². The highest BCUT2D eigenvalue weighted by molar-refractivity contribution is 5.85. The first-order valence-corrected chi connectivity index (χ1v) is 7.48. The number of hydrogen-bond donors (Lipinski definition) is 2. The molecule has 1 amide bonds. The van der Waals surface area contributed by atoms with E-state index in [2.05, 4.69) is 10.6 Å². The molecule has 5 heteroatoms. The van der Waals surface area contributed by atoms with Crippen LogP contribution in [0.5, 0.6) is 0 Å². The summed E-state index contributed by atoms with van der Waals surface area (Å²) in [5.41, 5.74) is -0.179. The molecule has 1 heterocycles. The number of piperidine rings is 1. The van der Waals surface area contributed by atoms with Crippen molar-refractivity contribution < 1.29 is 9.53 Å². The normalized spacial score (nSPS) is 18.2. The Morgan fingerprint density at radius 3 is 2.55 bits per heavy atom. The topological polar surface area (TPSA) is 50.4 Å². The Hall–Kier alpha value is -0.320. The number of carbonyl (C=O) groups is 1. The van der Waals surface area contributed by atoms with Crippen LogP contribution in [0.3, 0.4) is 0 Å². The van der Waals surface area contributed by atoms with Gasteiger partial charge in [-0.3, -0.25) is 4.79 Å². The van der Waals surface area contributed by atoms with Gasteiger partial charge in [-0.25, -0.2) is 0 Å². The number of carbonyl (C=O) groups excluding carboxylic acids is 1. The third kappa shape index (κ3) is 8.08. The number of halogens is 1. The molecule has 0 aromatic rings. The molecule has 1 atom stereocenters. The molecule has 120 valence electrons. The van der Waals surface area contributed by atoms with Crippen LogP contribution in [0.1, 0.15) is 52.9 Å². The second-order valence-corrected chi connectivity index (χ2v) is 6.37. The van der Waals surface area contributed by atoms with Crippen molar-refractivity contribution in [2.24, 2.45) is 5.92 Å². The van der Waals surface area contributed by atoms with Crippen LogP contribution in [0.25, 0.3) is 0 Å². The van der Waals surface area contributed by atoms with Crippen LogP contribution in [0, 0.1) is 5.92 Å². The van der Waals surface area contributed by atoms with Gasteiger partial charge in [0.05, 0.1) is 5.60 Å². The Morgan fingerprint density at radius 1 is 1.40 bits per heavy atom. The maximum absolute atomic E-state index is 11.9. The van der Waals surface area contributed by atoms with Crippen molar-refractivity contribution in [1.82, 2.24) is 10.6 Å². The van der Waals surface area contributed by atoms with E-state index in [1.54, 1.807) is 7.11 Å². The number of nitrogens with one attached hydrogen (secondary N) is 2. The molecule has 1 rings (SSSR count). The summed E-state index contributed by atoms with van der Waals surface area (Å²) < 4.78 is 5.39. The minimum absolute atomic E-state index is 0. The van der Waals surface area contributed by atoms with Crippen LogP contribution in [0.15, 0.2) is 0 Å². The van der Waals surface area contributed by atoms with Gasteiger partial charge in [-0.2, -0.15) is 0 Å². The zero-order chi connectivity index (χ0) is 14.3. The molecule has 0 aromatic heterocycles. The van der Waals surface area contributed by atoms with Gasteiger partial charge in [0.25, 0.3) is 0 Å². The van der Waals surface area contributed by atoms with Crippen LogP contribution in [-0.4, -0.2) is 37.7 Å². The number of hydrogen-bond acceptors (Lipinski definition) is 3. The summed E-state index contributed by atoms with van der Waals surface area (Å²) in [6.45, 7) is 8.34. The predicted molar refractivity (Wildman–Crippen MR) is 85.4 cm³/mol. The summed E-state index contributed by atoms with van der Waals surface area (Å²) in [6.07, 6.45) is 4.93. The fourth-order valence-electron chi connectivity index (χ4n) is 2.72. The molecule has 0 bridgehead atoms. The minimum Gasteiger partial charge on any atom is -0.379 e. The highest BCUT2D eigenvalue weighted by atomic mass is 35.5. The van der Waals surface area contributed by atoms with Crippen LogP contribution >= 0.6 is 12.4 Å². The second kappa shape index (κ2) is 9.59. The van der Waals surface area contributed by atoms with E-state index in [1.807, 2.05) is 20.8 Å². The van der Waals surface area contributed by atoms with Gasteiger partial charge >= 0.3 is 0 Å². The van der Waals surface area contributed by atoms with Crippen molar-refractivity contribution in [3.8, 4) is 0 Å². The van der Waals surface area contributed by atoms with Crippen molar-refractivity contribution in [2.45, 2.75) is 64.5 Å². The fourth-order valence-corrected chi connectivity index (χ4v) is 2.72. The monoisotopic (exact) mass is 306 g/mol. The lowest BCUT2D eigenvalue weighted by Gasteiger charge is -2.27. The van der Waals surface area contributed by atoms with Gasteiger partial charge in [-0.05, 0) is 65.5 Å². The molecule has 0 aromatic carbocycles. The molecule has 1 aliphatic rings. The standard InChI is InChI=1S/C15H30N2O2.ClH/c1-12(11-15(2,3)19-4)17-14(18)6-5-13-7-9-16-10-8-13;/h12-13,16H,5-11H2,1-4H3,(H,17,18);1H. The van der Waals surface area contributed by atoms with Crippen molar-refractivity contribution in [3.63, 3.8) is 0 Å². The van der Waals surface area contributed by atoms with Gasteiger partial charge in [0.1, 0.15) is 0 Å². The number of amides is 1. The average molecular weight is 307 g/mol. The average Bonchev–Trinajstić information content (AvgIpc) is 2.37. The first-order valence-electron chi connectivity index (χ1n) is 7.48. The summed E-state index contributed by atoms with van der Waals surface area (Å²) >= 11 is 0. The Bertz CT molecular complexity index is 279. The lowest BCUT2D eigenvalue weighted by atomic mass is 9.93. The molecule has 1 aliphatic heterocycles. The molecule has 0 radical (unpaired) electrons. The van der Waals surface area contributed by atoms with E-state index in [4.69, 9.17) is 4.74 Å². The molecule has 4 nitrogen and oxygen atoms in total. The van der Waals surface area contributed by atoms with E-state index in [0.29, 0.717) is 6.42 Å². The van der Waals surface area contributed by atoms with E-state index >= 15 is 0 Å². The van der Waals surface area contributed by atoms with Gasteiger partial charge in [-0.1, -0.05) is 0 Å². The maximum Gasteiger partial charge on any atom is 0.220 e. The summed E-state index contributed by atoms with van der Waals surface area (Å²) in [7, 11) is 1.71. The Labute approximate surface area is 129 Å². The Balaban J connectivity index is 0.00000361.